The summed E-state index contributed by atoms with van der Waals surface area (Å²) in [4.78, 5) is 6.06. The Morgan fingerprint density at radius 2 is 1.68 bits per heavy atom. The molecule has 0 bridgehead atoms. The molecule has 0 saturated carbocycles. The third-order valence-corrected chi connectivity index (χ3v) is 7.40. The first-order valence-electron chi connectivity index (χ1n) is 5.99. The average molecular weight is 383 g/mol. The number of anilines is 2. The maximum Gasteiger partial charge on any atom is 0.0777 e. The zero-order valence-electron chi connectivity index (χ0n) is 10.7. The van der Waals surface area contributed by atoms with E-state index >= 15 is 0 Å². The van der Waals surface area contributed by atoms with Gasteiger partial charge in [0.1, 0.15) is 0 Å². The summed E-state index contributed by atoms with van der Waals surface area (Å²) in [7, 11) is 3.92. The van der Waals surface area contributed by atoms with Crippen LogP contribution >= 0.6 is 28.9 Å². The van der Waals surface area contributed by atoms with Gasteiger partial charge in [-0.3, -0.25) is 0 Å². The van der Waals surface area contributed by atoms with Gasteiger partial charge in [0.25, 0.3) is 0 Å². The van der Waals surface area contributed by atoms with Crippen LogP contribution in [0.5, 0.6) is 0 Å². The first-order chi connectivity index (χ1) is 9.22. The molecule has 0 amide bonds. The Balaban J connectivity index is 2.31. The van der Waals surface area contributed by atoms with Gasteiger partial charge in [-0.1, -0.05) is 7.66 Å². The van der Waals surface area contributed by atoms with E-state index in [0.29, 0.717) is 0 Å². The molecular formula is C14H14IN3S. The van der Waals surface area contributed by atoms with E-state index in [0.717, 1.165) is 22.4 Å². The second-order valence-corrected chi connectivity index (χ2v) is 8.27. The van der Waals surface area contributed by atoms with Crippen LogP contribution in [-0.2, 0) is 0 Å². The van der Waals surface area contributed by atoms with Crippen molar-refractivity contribution in [1.29, 1.82) is 0 Å². The summed E-state index contributed by atoms with van der Waals surface area (Å²) >= 11 is 2.52. The van der Waals surface area contributed by atoms with Crippen LogP contribution in [0.15, 0.2) is 46.3 Å². The Morgan fingerprint density at radius 1 is 1.00 bits per heavy atom. The molecule has 0 spiro atoms. The van der Waals surface area contributed by atoms with Crippen molar-refractivity contribution in [3.8, 4) is 0 Å². The first-order valence-corrected chi connectivity index (χ1v) is 9.75. The van der Waals surface area contributed by atoms with E-state index in [9.17, 15) is 0 Å². The topological polar surface area (TPSA) is 36.4 Å². The van der Waals surface area contributed by atoms with E-state index in [1.165, 1.54) is 9.41 Å². The van der Waals surface area contributed by atoms with E-state index in [2.05, 4.69) is 68.2 Å². The van der Waals surface area contributed by atoms with Crippen molar-refractivity contribution >= 4 is 45.9 Å². The molecule has 5 heteroatoms. The average Bonchev–Trinajstić information content (AvgIpc) is 2.47. The number of nitrogens with one attached hydrogen (secondary N) is 2. The van der Waals surface area contributed by atoms with Crippen LogP contribution in [0.3, 0.4) is 0 Å². The van der Waals surface area contributed by atoms with Gasteiger partial charge >= 0.3 is 0 Å². The summed E-state index contributed by atoms with van der Waals surface area (Å²) in [5.74, 6) is 0. The number of hydrogen-bond acceptors (Lipinski definition) is 3. The van der Waals surface area contributed by atoms with Gasteiger partial charge in [0.15, 0.2) is 0 Å². The third kappa shape index (κ3) is 2.25. The Kier molecular flexibility index (Phi) is 3.49. The van der Waals surface area contributed by atoms with Gasteiger partial charge in [0, 0.05) is 34.9 Å². The molecule has 19 heavy (non-hydrogen) atoms. The quantitative estimate of drug-likeness (QED) is 0.609. The van der Waals surface area contributed by atoms with E-state index in [1.807, 2.05) is 14.1 Å². The first kappa shape index (κ1) is 12.9. The molecule has 2 aromatic rings. The lowest BCUT2D eigenvalue weighted by Crippen LogP contribution is -2.06. The monoisotopic (exact) mass is 383 g/mol. The third-order valence-electron chi connectivity index (χ3n) is 3.12. The van der Waals surface area contributed by atoms with Gasteiger partial charge in [0.2, 0.25) is 0 Å². The van der Waals surface area contributed by atoms with Crippen LogP contribution in [-0.4, -0.2) is 14.1 Å². The number of hydrogen-bond donors (Lipinski definition) is 2. The lowest BCUT2D eigenvalue weighted by molar-refractivity contribution is 1.25. The Labute approximate surface area is 126 Å². The maximum atomic E-state index is 4.76. The van der Waals surface area contributed by atoms with Crippen LogP contribution in [0.4, 0.5) is 17.1 Å². The highest BCUT2D eigenvalue weighted by atomic mass is 127. The van der Waals surface area contributed by atoms with Crippen molar-refractivity contribution < 1.29 is 0 Å². The smallest absolute Gasteiger partial charge is 0.0777 e. The van der Waals surface area contributed by atoms with Crippen LogP contribution in [0.1, 0.15) is 0 Å². The highest BCUT2D eigenvalue weighted by Gasteiger charge is 2.11. The van der Waals surface area contributed by atoms with Gasteiger partial charge in [0.05, 0.1) is 11.0 Å². The molecule has 2 N–H and O–H groups in total. The minimum Gasteiger partial charge on any atom is -0.388 e. The SMILES string of the molecule is CNc1ccc2c(c1)S(I)=c1cc(NC)ccc1=N2. The molecule has 1 atom stereocenters. The van der Waals surface area contributed by atoms with Gasteiger partial charge in [-0.25, -0.2) is 4.99 Å². The fraction of sp³-hybridized carbons (Fsp3) is 0.143. The van der Waals surface area contributed by atoms with E-state index < -0.39 is 0 Å². The molecular weight excluding hydrogens is 369 g/mol. The van der Waals surface area contributed by atoms with Crippen LogP contribution in [0.2, 0.25) is 0 Å². The van der Waals surface area contributed by atoms with Crippen molar-refractivity contribution in [2.75, 3.05) is 24.7 Å². The van der Waals surface area contributed by atoms with Crippen LogP contribution < -0.4 is 16.0 Å². The van der Waals surface area contributed by atoms with Crippen molar-refractivity contribution in [2.45, 2.75) is 4.90 Å². The van der Waals surface area contributed by atoms with Crippen LogP contribution in [0.25, 0.3) is 0 Å². The zero-order valence-corrected chi connectivity index (χ0v) is 13.7. The van der Waals surface area contributed by atoms with Gasteiger partial charge in [-0.05, 0) is 57.6 Å². The molecule has 2 aromatic carbocycles. The standard InChI is InChI=1S/C14H14IN3S/c1-16-9-3-5-11-13(7-9)19(15)14-8-10(17-2)4-6-12(14)18-11/h3-8,16-17H,1-2H3. The molecule has 3 nitrogen and oxygen atoms in total. The minimum atomic E-state index is 0.0324. The molecule has 0 fully saturated rings. The highest BCUT2D eigenvalue weighted by molar-refractivity contribution is 14.2. The molecule has 1 unspecified atom stereocenters. The molecule has 1 heterocycles. The highest BCUT2D eigenvalue weighted by Crippen LogP contribution is 2.45. The fourth-order valence-electron chi connectivity index (χ4n) is 2.06. The molecule has 0 aliphatic carbocycles. The van der Waals surface area contributed by atoms with Gasteiger partial charge in [-0.2, -0.15) is 0 Å². The Bertz CT molecular complexity index is 771. The summed E-state index contributed by atoms with van der Waals surface area (Å²) in [5, 5.41) is 7.47. The van der Waals surface area contributed by atoms with Crippen LogP contribution in [0, 0.1) is 4.51 Å². The Hall–Kier alpha value is -1.08. The number of benzene rings is 2. The summed E-state index contributed by atoms with van der Waals surface area (Å²) in [6.07, 6.45) is 0. The summed E-state index contributed by atoms with van der Waals surface area (Å²) in [5.41, 5.74) is 3.36. The normalized spacial score (nSPS) is 16.1. The van der Waals surface area contributed by atoms with E-state index in [4.69, 9.17) is 4.99 Å². The van der Waals surface area contributed by atoms with Crippen molar-refractivity contribution in [2.24, 2.45) is 4.99 Å². The second-order valence-electron chi connectivity index (χ2n) is 4.23. The molecule has 0 saturated heterocycles. The summed E-state index contributed by atoms with van der Waals surface area (Å²) in [6, 6.07) is 12.7. The predicted molar refractivity (Wildman–Crippen MR) is 91.5 cm³/mol. The zero-order chi connectivity index (χ0) is 13.4. The molecule has 98 valence electrons. The number of fused-ring (bicyclic) bond motifs is 2. The summed E-state index contributed by atoms with van der Waals surface area (Å²) in [6.45, 7) is 0. The predicted octanol–water partition coefficient (Wildman–Crippen LogP) is 3.96. The van der Waals surface area contributed by atoms with Crippen molar-refractivity contribution in [1.82, 2.24) is 0 Å². The molecule has 0 radical (unpaired) electrons. The fourth-order valence-corrected chi connectivity index (χ4v) is 5.47. The lowest BCUT2D eigenvalue weighted by atomic mass is 10.2. The second kappa shape index (κ2) is 5.13. The minimum absolute atomic E-state index is 0.0324. The molecule has 3 rings (SSSR count). The number of nitrogens with zero attached hydrogens (tertiary/aromatic N) is 1. The molecule has 1 aliphatic heterocycles. The summed E-state index contributed by atoms with van der Waals surface area (Å²) < 4.78 is 1.30. The number of halogens is 1. The Morgan fingerprint density at radius 3 is 2.42 bits per heavy atom. The van der Waals surface area contributed by atoms with Gasteiger partial charge in [-0.15, -0.1) is 0 Å². The van der Waals surface area contributed by atoms with Crippen molar-refractivity contribution in [3.05, 3.63) is 46.3 Å². The van der Waals surface area contributed by atoms with E-state index in [-0.39, 0.29) is 7.66 Å². The largest absolute Gasteiger partial charge is 0.388 e. The van der Waals surface area contributed by atoms with Gasteiger partial charge < -0.3 is 10.6 Å². The maximum absolute atomic E-state index is 4.76. The lowest BCUT2D eigenvalue weighted by Gasteiger charge is -2.13. The van der Waals surface area contributed by atoms with Crippen molar-refractivity contribution in [3.63, 3.8) is 0 Å². The number of rotatable bonds is 2. The molecule has 1 aliphatic rings. The molecule has 0 aromatic heterocycles. The van der Waals surface area contributed by atoms with E-state index in [1.54, 1.807) is 0 Å².